The molecule has 12 heteroatoms. The van der Waals surface area contributed by atoms with E-state index in [0.29, 0.717) is 23.7 Å². The van der Waals surface area contributed by atoms with Crippen molar-refractivity contribution in [1.29, 1.82) is 0 Å². The molecule has 1 heterocycles. The van der Waals surface area contributed by atoms with Crippen LogP contribution in [0.15, 0.2) is 59.5 Å². The standard InChI is InChI=1S/C28H25Cl2F2NO7/c1-15(34)38-25(17-5-3-2-4-6-17)27(36)39-22(12-19-20(29)13-33-26(35)24(19)30)18-9-10-21(40-28(31)32)23(11-18)37-14-16-7-8-16/h2-6,9-11,13,16,22,25,28H,7-8,12,14H2,1H3,(H,33,35). The number of H-pyrrole nitrogens is 1. The molecule has 2 unspecified atom stereocenters. The highest BCUT2D eigenvalue weighted by Crippen LogP contribution is 2.38. The maximum absolute atomic E-state index is 13.4. The number of halogens is 4. The number of aromatic amines is 1. The molecular weight excluding hydrogens is 571 g/mol. The number of carbonyl (C=O) groups is 2. The highest BCUT2D eigenvalue weighted by atomic mass is 35.5. The van der Waals surface area contributed by atoms with Gasteiger partial charge in [0, 0.05) is 30.7 Å². The number of nitrogens with one attached hydrogen (secondary N) is 1. The number of hydrogen-bond donors (Lipinski definition) is 1. The van der Waals surface area contributed by atoms with E-state index in [2.05, 4.69) is 9.72 Å². The third-order valence-electron chi connectivity index (χ3n) is 6.06. The van der Waals surface area contributed by atoms with Gasteiger partial charge in [0.25, 0.3) is 5.56 Å². The van der Waals surface area contributed by atoms with Gasteiger partial charge < -0.3 is 23.9 Å². The van der Waals surface area contributed by atoms with Crippen LogP contribution in [-0.2, 0) is 25.5 Å². The molecule has 2 atom stereocenters. The average molecular weight is 596 g/mol. The Morgan fingerprint density at radius 1 is 1.02 bits per heavy atom. The van der Waals surface area contributed by atoms with Crippen molar-refractivity contribution in [3.8, 4) is 11.5 Å². The zero-order valence-electron chi connectivity index (χ0n) is 21.2. The Hall–Kier alpha value is -3.63. The van der Waals surface area contributed by atoms with Crippen LogP contribution in [0, 0.1) is 5.92 Å². The number of benzene rings is 2. The summed E-state index contributed by atoms with van der Waals surface area (Å²) in [5.41, 5.74) is 0.245. The topological polar surface area (TPSA) is 104 Å². The fraction of sp³-hybridized carbons (Fsp3) is 0.321. The quantitative estimate of drug-likeness (QED) is 0.248. The van der Waals surface area contributed by atoms with Gasteiger partial charge in [-0.15, -0.1) is 0 Å². The van der Waals surface area contributed by atoms with Gasteiger partial charge in [-0.05, 0) is 36.5 Å². The van der Waals surface area contributed by atoms with Crippen LogP contribution in [0.5, 0.6) is 11.5 Å². The first-order valence-electron chi connectivity index (χ1n) is 12.3. The first-order chi connectivity index (χ1) is 19.1. The molecular formula is C28H25Cl2F2NO7. The van der Waals surface area contributed by atoms with Gasteiger partial charge in [0.2, 0.25) is 6.10 Å². The molecule has 0 aliphatic heterocycles. The van der Waals surface area contributed by atoms with E-state index in [4.69, 9.17) is 37.4 Å². The summed E-state index contributed by atoms with van der Waals surface area (Å²) in [5.74, 6) is -1.50. The number of pyridine rings is 1. The van der Waals surface area contributed by atoms with Gasteiger partial charge in [-0.1, -0.05) is 59.6 Å². The molecule has 1 fully saturated rings. The van der Waals surface area contributed by atoms with Crippen molar-refractivity contribution >= 4 is 35.1 Å². The van der Waals surface area contributed by atoms with Gasteiger partial charge in [-0.2, -0.15) is 8.78 Å². The Labute approximate surface area is 238 Å². The molecule has 1 aliphatic rings. The van der Waals surface area contributed by atoms with Crippen LogP contribution < -0.4 is 15.0 Å². The van der Waals surface area contributed by atoms with Crippen molar-refractivity contribution < 1.29 is 37.3 Å². The lowest BCUT2D eigenvalue weighted by atomic mass is 10.0. The van der Waals surface area contributed by atoms with Crippen LogP contribution in [0.25, 0.3) is 0 Å². The minimum absolute atomic E-state index is 0.0217. The van der Waals surface area contributed by atoms with E-state index in [1.54, 1.807) is 30.3 Å². The van der Waals surface area contributed by atoms with Crippen molar-refractivity contribution in [2.75, 3.05) is 6.61 Å². The number of esters is 2. The minimum Gasteiger partial charge on any atom is -0.489 e. The largest absolute Gasteiger partial charge is 0.489 e. The van der Waals surface area contributed by atoms with Crippen molar-refractivity contribution in [2.45, 2.75) is 45.0 Å². The molecule has 3 aromatic rings. The molecule has 0 spiro atoms. The minimum atomic E-state index is -3.09. The van der Waals surface area contributed by atoms with E-state index in [1.165, 1.54) is 24.4 Å². The lowest BCUT2D eigenvalue weighted by molar-refractivity contribution is -0.171. The Balaban J connectivity index is 1.73. The smallest absolute Gasteiger partial charge is 0.387 e. The molecule has 0 saturated heterocycles. The Kier molecular flexibility index (Phi) is 9.65. The monoisotopic (exact) mass is 595 g/mol. The lowest BCUT2D eigenvalue weighted by Crippen LogP contribution is -2.24. The number of hydrogen-bond acceptors (Lipinski definition) is 7. The summed E-state index contributed by atoms with van der Waals surface area (Å²) in [5, 5.41) is -0.107. The fourth-order valence-corrected chi connectivity index (χ4v) is 4.40. The van der Waals surface area contributed by atoms with E-state index in [1.807, 2.05) is 0 Å². The van der Waals surface area contributed by atoms with Gasteiger partial charge >= 0.3 is 18.6 Å². The molecule has 4 rings (SSSR count). The molecule has 0 bridgehead atoms. The molecule has 8 nitrogen and oxygen atoms in total. The van der Waals surface area contributed by atoms with Crippen LogP contribution in [0.3, 0.4) is 0 Å². The molecule has 1 aliphatic carbocycles. The van der Waals surface area contributed by atoms with E-state index >= 15 is 0 Å². The first kappa shape index (κ1) is 29.4. The lowest BCUT2D eigenvalue weighted by Gasteiger charge is -2.24. The van der Waals surface area contributed by atoms with Crippen LogP contribution in [0.2, 0.25) is 10.0 Å². The Morgan fingerprint density at radius 2 is 1.75 bits per heavy atom. The van der Waals surface area contributed by atoms with Crippen molar-refractivity contribution in [3.05, 3.63) is 91.8 Å². The molecule has 2 aromatic carbocycles. The zero-order chi connectivity index (χ0) is 28.8. The molecule has 1 saturated carbocycles. The summed E-state index contributed by atoms with van der Waals surface area (Å²) in [4.78, 5) is 39.8. The van der Waals surface area contributed by atoms with Gasteiger partial charge in [-0.3, -0.25) is 9.59 Å². The van der Waals surface area contributed by atoms with Crippen LogP contribution in [0.4, 0.5) is 8.78 Å². The van der Waals surface area contributed by atoms with Gasteiger partial charge in [0.1, 0.15) is 11.1 Å². The highest BCUT2D eigenvalue weighted by Gasteiger charge is 2.31. The second kappa shape index (κ2) is 13.1. The summed E-state index contributed by atoms with van der Waals surface area (Å²) in [7, 11) is 0. The number of aromatic nitrogens is 1. The van der Waals surface area contributed by atoms with E-state index in [0.717, 1.165) is 19.8 Å². The van der Waals surface area contributed by atoms with E-state index < -0.39 is 36.3 Å². The summed E-state index contributed by atoms with van der Waals surface area (Å²) >= 11 is 12.5. The molecule has 0 amide bonds. The highest BCUT2D eigenvalue weighted by molar-refractivity contribution is 6.35. The van der Waals surface area contributed by atoms with Crippen LogP contribution in [-0.4, -0.2) is 30.1 Å². The number of rotatable bonds is 12. The first-order valence-corrected chi connectivity index (χ1v) is 13.1. The van der Waals surface area contributed by atoms with Crippen LogP contribution >= 0.6 is 23.2 Å². The second-order valence-electron chi connectivity index (χ2n) is 9.13. The predicted molar refractivity (Wildman–Crippen MR) is 142 cm³/mol. The zero-order valence-corrected chi connectivity index (χ0v) is 22.7. The number of alkyl halides is 2. The van der Waals surface area contributed by atoms with Crippen molar-refractivity contribution in [3.63, 3.8) is 0 Å². The second-order valence-corrected chi connectivity index (χ2v) is 9.91. The van der Waals surface area contributed by atoms with Crippen molar-refractivity contribution in [1.82, 2.24) is 4.98 Å². The molecule has 212 valence electrons. The third kappa shape index (κ3) is 7.73. The van der Waals surface area contributed by atoms with Gasteiger partial charge in [0.15, 0.2) is 11.5 Å². The maximum atomic E-state index is 13.4. The fourth-order valence-electron chi connectivity index (χ4n) is 3.89. The molecule has 1 N–H and O–H groups in total. The summed E-state index contributed by atoms with van der Waals surface area (Å²) in [6.07, 6.45) is 0.433. The molecule has 1 aromatic heterocycles. The van der Waals surface area contributed by atoms with Gasteiger partial charge in [-0.25, -0.2) is 4.79 Å². The summed E-state index contributed by atoms with van der Waals surface area (Å²) in [6.45, 7) is -1.64. The van der Waals surface area contributed by atoms with Crippen molar-refractivity contribution in [2.24, 2.45) is 5.92 Å². The molecule has 40 heavy (non-hydrogen) atoms. The Morgan fingerprint density at radius 3 is 2.40 bits per heavy atom. The average Bonchev–Trinajstić information content (AvgIpc) is 3.75. The summed E-state index contributed by atoms with van der Waals surface area (Å²) < 4.78 is 47.6. The molecule has 0 radical (unpaired) electrons. The Bertz CT molecular complexity index is 1410. The third-order valence-corrected chi connectivity index (χ3v) is 6.79. The van der Waals surface area contributed by atoms with Crippen LogP contribution in [0.1, 0.15) is 48.7 Å². The number of ether oxygens (including phenoxy) is 4. The SMILES string of the molecule is CC(=O)OC(C(=O)OC(Cc1c(Cl)c[nH]c(=O)c1Cl)c1ccc(OC(F)F)c(OCC2CC2)c1)c1ccccc1. The van der Waals surface area contributed by atoms with E-state index in [9.17, 15) is 23.2 Å². The summed E-state index contributed by atoms with van der Waals surface area (Å²) in [6, 6.07) is 12.3. The number of carbonyl (C=O) groups excluding carboxylic acids is 2. The maximum Gasteiger partial charge on any atom is 0.387 e. The van der Waals surface area contributed by atoms with E-state index in [-0.39, 0.29) is 33.5 Å². The van der Waals surface area contributed by atoms with Gasteiger partial charge in [0.05, 0.1) is 11.6 Å². The normalized spacial score (nSPS) is 14.3. The predicted octanol–water partition coefficient (Wildman–Crippen LogP) is 6.20.